The standard InChI is InChI=1S/C31H34N2O6/c1-5-38-24-13-9-12-23(18-24)29(34)27-28(33(17-16-32(2)3)31(36)30(27)35)22-14-15-25(26(19-22)37-4)39-20-21-10-7-6-8-11-21/h6-15,18-19,28,34H,5,16-17,20H2,1-4H3/b29-27+. The van der Waals surface area contributed by atoms with Crippen LogP contribution < -0.4 is 14.2 Å². The van der Waals surface area contributed by atoms with E-state index in [1.165, 1.54) is 12.0 Å². The van der Waals surface area contributed by atoms with Crippen molar-refractivity contribution in [1.29, 1.82) is 0 Å². The van der Waals surface area contributed by atoms with Gasteiger partial charge in [-0.1, -0.05) is 48.5 Å². The number of likely N-dealkylation sites (tertiary alicyclic amines) is 1. The Bertz CT molecular complexity index is 1350. The Morgan fingerprint density at radius 2 is 1.72 bits per heavy atom. The Balaban J connectivity index is 1.76. The highest BCUT2D eigenvalue weighted by Gasteiger charge is 2.46. The third kappa shape index (κ3) is 6.23. The molecular weight excluding hydrogens is 496 g/mol. The normalized spacial score (nSPS) is 16.5. The Morgan fingerprint density at radius 1 is 0.949 bits per heavy atom. The second kappa shape index (κ2) is 12.5. The van der Waals surface area contributed by atoms with Crippen LogP contribution in [0.5, 0.6) is 17.2 Å². The van der Waals surface area contributed by atoms with Crippen LogP contribution in [-0.2, 0) is 16.2 Å². The molecule has 0 spiro atoms. The van der Waals surface area contributed by atoms with E-state index in [1.807, 2.05) is 56.3 Å². The van der Waals surface area contributed by atoms with Gasteiger partial charge in [-0.3, -0.25) is 9.59 Å². The number of carbonyl (C=O) groups excluding carboxylic acids is 2. The number of methoxy groups -OCH3 is 1. The molecule has 0 bridgehead atoms. The molecule has 4 rings (SSSR count). The number of carbonyl (C=O) groups is 2. The van der Waals surface area contributed by atoms with E-state index in [4.69, 9.17) is 14.2 Å². The molecule has 1 fully saturated rings. The largest absolute Gasteiger partial charge is 0.507 e. The molecule has 1 atom stereocenters. The van der Waals surface area contributed by atoms with E-state index >= 15 is 0 Å². The highest BCUT2D eigenvalue weighted by atomic mass is 16.5. The first-order chi connectivity index (χ1) is 18.8. The highest BCUT2D eigenvalue weighted by Crippen LogP contribution is 2.42. The molecule has 8 nitrogen and oxygen atoms in total. The van der Waals surface area contributed by atoms with Gasteiger partial charge < -0.3 is 29.1 Å². The van der Waals surface area contributed by atoms with Crippen molar-refractivity contribution >= 4 is 17.4 Å². The number of benzene rings is 3. The Kier molecular flexibility index (Phi) is 8.88. The number of ketones is 1. The summed E-state index contributed by atoms with van der Waals surface area (Å²) in [7, 11) is 5.33. The van der Waals surface area contributed by atoms with Crippen LogP contribution in [0.25, 0.3) is 5.76 Å². The van der Waals surface area contributed by atoms with Crippen molar-refractivity contribution < 1.29 is 28.9 Å². The number of nitrogens with zero attached hydrogens (tertiary/aromatic N) is 2. The summed E-state index contributed by atoms with van der Waals surface area (Å²) in [6.45, 7) is 3.51. The van der Waals surface area contributed by atoms with Crippen molar-refractivity contribution in [2.75, 3.05) is 40.9 Å². The van der Waals surface area contributed by atoms with E-state index in [-0.39, 0.29) is 11.3 Å². The maximum absolute atomic E-state index is 13.3. The van der Waals surface area contributed by atoms with Crippen LogP contribution in [0.15, 0.2) is 78.4 Å². The molecule has 0 radical (unpaired) electrons. The molecule has 1 aliphatic heterocycles. The number of aliphatic hydroxyl groups is 1. The Labute approximate surface area is 229 Å². The van der Waals surface area contributed by atoms with Gasteiger partial charge in [-0.25, -0.2) is 0 Å². The first kappa shape index (κ1) is 27.7. The molecule has 1 aliphatic rings. The molecular formula is C31H34N2O6. The van der Waals surface area contributed by atoms with Gasteiger partial charge in [-0.2, -0.15) is 0 Å². The minimum atomic E-state index is -0.808. The van der Waals surface area contributed by atoms with Crippen molar-refractivity contribution in [2.24, 2.45) is 0 Å². The van der Waals surface area contributed by atoms with E-state index in [0.29, 0.717) is 54.7 Å². The van der Waals surface area contributed by atoms with Gasteiger partial charge in [0.05, 0.1) is 25.3 Å². The third-order valence-corrected chi connectivity index (χ3v) is 6.49. The summed E-state index contributed by atoms with van der Waals surface area (Å²) in [6, 6.07) is 21.1. The summed E-state index contributed by atoms with van der Waals surface area (Å²) in [5, 5.41) is 11.4. The van der Waals surface area contributed by atoms with Gasteiger partial charge in [-0.05, 0) is 56.4 Å². The van der Waals surface area contributed by atoms with E-state index in [0.717, 1.165) is 5.56 Å². The van der Waals surface area contributed by atoms with E-state index in [1.54, 1.807) is 42.5 Å². The number of hydrogen-bond acceptors (Lipinski definition) is 7. The van der Waals surface area contributed by atoms with Gasteiger partial charge in [0.2, 0.25) is 0 Å². The van der Waals surface area contributed by atoms with Gasteiger partial charge in [0.25, 0.3) is 11.7 Å². The van der Waals surface area contributed by atoms with Crippen molar-refractivity contribution in [3.8, 4) is 17.2 Å². The van der Waals surface area contributed by atoms with Crippen molar-refractivity contribution in [1.82, 2.24) is 9.80 Å². The van der Waals surface area contributed by atoms with Crippen molar-refractivity contribution in [2.45, 2.75) is 19.6 Å². The number of Topliss-reactive ketones (excluding diaryl/α,β-unsaturated/α-hetero) is 1. The lowest BCUT2D eigenvalue weighted by atomic mass is 9.95. The van der Waals surface area contributed by atoms with Gasteiger partial charge in [0, 0.05) is 18.7 Å². The van der Waals surface area contributed by atoms with Crippen LogP contribution in [-0.4, -0.2) is 67.5 Å². The smallest absolute Gasteiger partial charge is 0.295 e. The lowest BCUT2D eigenvalue weighted by Crippen LogP contribution is -2.35. The summed E-state index contributed by atoms with van der Waals surface area (Å²) in [5.74, 6) is -0.106. The number of rotatable bonds is 11. The van der Waals surface area contributed by atoms with Crippen LogP contribution in [0, 0.1) is 0 Å². The topological polar surface area (TPSA) is 88.5 Å². The van der Waals surface area contributed by atoms with Crippen LogP contribution in [0.1, 0.15) is 29.7 Å². The molecule has 1 heterocycles. The fraction of sp³-hybridized carbons (Fsp3) is 0.290. The number of ether oxygens (including phenoxy) is 3. The Morgan fingerprint density at radius 3 is 2.41 bits per heavy atom. The maximum atomic E-state index is 13.3. The summed E-state index contributed by atoms with van der Waals surface area (Å²) in [4.78, 5) is 30.0. The average Bonchev–Trinajstić information content (AvgIpc) is 3.20. The fourth-order valence-corrected chi connectivity index (χ4v) is 4.53. The fourth-order valence-electron chi connectivity index (χ4n) is 4.53. The zero-order valence-electron chi connectivity index (χ0n) is 22.7. The molecule has 8 heteroatoms. The predicted molar refractivity (Wildman–Crippen MR) is 149 cm³/mol. The zero-order chi connectivity index (χ0) is 27.9. The number of amides is 1. The summed E-state index contributed by atoms with van der Waals surface area (Å²) in [5.41, 5.74) is 2.05. The maximum Gasteiger partial charge on any atom is 0.295 e. The monoisotopic (exact) mass is 530 g/mol. The van der Waals surface area contributed by atoms with Crippen molar-refractivity contribution in [3.05, 3.63) is 95.1 Å². The molecule has 1 unspecified atom stereocenters. The summed E-state index contributed by atoms with van der Waals surface area (Å²) in [6.07, 6.45) is 0. The van der Waals surface area contributed by atoms with Gasteiger partial charge >= 0.3 is 0 Å². The molecule has 0 aromatic heterocycles. The summed E-state index contributed by atoms with van der Waals surface area (Å²) < 4.78 is 17.2. The lowest BCUT2D eigenvalue weighted by Gasteiger charge is -2.27. The molecule has 0 saturated carbocycles. The van der Waals surface area contributed by atoms with Crippen molar-refractivity contribution in [3.63, 3.8) is 0 Å². The van der Waals surface area contributed by atoms with Crippen LogP contribution in [0.3, 0.4) is 0 Å². The minimum absolute atomic E-state index is 0.0208. The third-order valence-electron chi connectivity index (χ3n) is 6.49. The molecule has 3 aromatic carbocycles. The predicted octanol–water partition coefficient (Wildman–Crippen LogP) is 4.66. The second-order valence-corrected chi connectivity index (χ2v) is 9.44. The molecule has 204 valence electrons. The van der Waals surface area contributed by atoms with Gasteiger partial charge in [0.1, 0.15) is 18.1 Å². The first-order valence-electron chi connectivity index (χ1n) is 12.8. The van der Waals surface area contributed by atoms with Gasteiger partial charge in [0.15, 0.2) is 11.5 Å². The molecule has 1 N–H and O–H groups in total. The molecule has 3 aromatic rings. The highest BCUT2D eigenvalue weighted by molar-refractivity contribution is 6.46. The lowest BCUT2D eigenvalue weighted by molar-refractivity contribution is -0.140. The minimum Gasteiger partial charge on any atom is -0.507 e. The van der Waals surface area contributed by atoms with Crippen LogP contribution in [0.2, 0.25) is 0 Å². The average molecular weight is 531 g/mol. The molecule has 1 amide bonds. The number of likely N-dealkylation sites (N-methyl/N-ethyl adjacent to an activating group) is 1. The van der Waals surface area contributed by atoms with E-state index in [2.05, 4.69) is 0 Å². The summed E-state index contributed by atoms with van der Waals surface area (Å²) >= 11 is 0. The Hall–Kier alpha value is -4.30. The van der Waals surface area contributed by atoms with Gasteiger partial charge in [-0.15, -0.1) is 0 Å². The molecule has 39 heavy (non-hydrogen) atoms. The van der Waals surface area contributed by atoms with Crippen LogP contribution in [0.4, 0.5) is 0 Å². The molecule has 1 saturated heterocycles. The SMILES string of the molecule is CCOc1cccc(/C(O)=C2\C(=O)C(=O)N(CCN(C)C)C2c2ccc(OCc3ccccc3)c(OC)c2)c1. The molecule has 0 aliphatic carbocycles. The first-order valence-corrected chi connectivity index (χ1v) is 12.8. The number of aliphatic hydroxyl groups excluding tert-OH is 1. The van der Waals surface area contributed by atoms with E-state index < -0.39 is 17.7 Å². The second-order valence-electron chi connectivity index (χ2n) is 9.44. The number of hydrogen-bond donors (Lipinski definition) is 1. The van der Waals surface area contributed by atoms with E-state index in [9.17, 15) is 14.7 Å². The quantitative estimate of drug-likeness (QED) is 0.219. The van der Waals surface area contributed by atoms with Crippen LogP contribution >= 0.6 is 0 Å². The zero-order valence-corrected chi connectivity index (χ0v) is 22.7.